The maximum absolute atomic E-state index is 12.1. The summed E-state index contributed by atoms with van der Waals surface area (Å²) in [5.41, 5.74) is 1.12. The average molecular weight is 355 g/mol. The summed E-state index contributed by atoms with van der Waals surface area (Å²) in [5.74, 6) is 0.243. The molecule has 1 aromatic heterocycles. The molecular formula is C19H25N5O2. The Morgan fingerprint density at radius 1 is 1.04 bits per heavy atom. The monoisotopic (exact) mass is 355 g/mol. The van der Waals surface area contributed by atoms with Gasteiger partial charge in [0.2, 0.25) is 0 Å². The molecule has 7 heteroatoms. The Morgan fingerprint density at radius 3 is 2.15 bits per heavy atom. The van der Waals surface area contributed by atoms with Crippen molar-refractivity contribution in [2.24, 2.45) is 14.1 Å². The van der Waals surface area contributed by atoms with E-state index in [1.165, 1.54) is 24.2 Å². The van der Waals surface area contributed by atoms with Crippen LogP contribution in [0.25, 0.3) is 0 Å². The second kappa shape index (κ2) is 8.50. The van der Waals surface area contributed by atoms with E-state index in [2.05, 4.69) is 36.2 Å². The maximum atomic E-state index is 12.1. The van der Waals surface area contributed by atoms with Gasteiger partial charge in [0.25, 0.3) is 5.56 Å². The van der Waals surface area contributed by atoms with E-state index in [0.717, 1.165) is 29.8 Å². The Balaban J connectivity index is 2.19. The highest BCUT2D eigenvalue weighted by Crippen LogP contribution is 2.12. The zero-order chi connectivity index (χ0) is 19.3. The lowest BCUT2D eigenvalue weighted by Gasteiger charge is -2.18. The third-order valence-electron chi connectivity index (χ3n) is 4.56. The third-order valence-corrected chi connectivity index (χ3v) is 4.56. The third kappa shape index (κ3) is 4.03. The highest BCUT2D eigenvalue weighted by Gasteiger charge is 2.15. The number of benzene rings is 1. The Bertz CT molecular complexity index is 915. The second-order valence-corrected chi connectivity index (χ2v) is 6.17. The topological polar surface area (TPSA) is 83.1 Å². The van der Waals surface area contributed by atoms with Gasteiger partial charge in [-0.25, -0.2) is 4.79 Å². The van der Waals surface area contributed by atoms with Gasteiger partial charge in [0.15, 0.2) is 5.56 Å². The van der Waals surface area contributed by atoms with E-state index >= 15 is 0 Å². The molecule has 0 unspecified atom stereocenters. The summed E-state index contributed by atoms with van der Waals surface area (Å²) in [7, 11) is 2.90. The van der Waals surface area contributed by atoms with E-state index in [1.54, 1.807) is 0 Å². The van der Waals surface area contributed by atoms with Crippen molar-refractivity contribution in [2.75, 3.05) is 18.4 Å². The van der Waals surface area contributed by atoms with Crippen LogP contribution in [0.3, 0.4) is 0 Å². The molecule has 0 saturated carbocycles. The predicted molar refractivity (Wildman–Crippen MR) is 102 cm³/mol. The van der Waals surface area contributed by atoms with E-state index in [1.807, 2.05) is 18.2 Å². The van der Waals surface area contributed by atoms with Crippen molar-refractivity contribution in [3.05, 3.63) is 61.8 Å². The van der Waals surface area contributed by atoms with Crippen LogP contribution in [0, 0.1) is 11.3 Å². The van der Waals surface area contributed by atoms with Crippen LogP contribution in [0.2, 0.25) is 0 Å². The lowest BCUT2D eigenvalue weighted by molar-refractivity contribution is 0.296. The number of aromatic nitrogens is 2. The van der Waals surface area contributed by atoms with Gasteiger partial charge in [0, 0.05) is 27.2 Å². The molecule has 0 aliphatic rings. The molecule has 0 bridgehead atoms. The largest absolute Gasteiger partial charge is 0.366 e. The zero-order valence-corrected chi connectivity index (χ0v) is 15.7. The first-order valence-corrected chi connectivity index (χ1v) is 8.67. The molecule has 0 aliphatic heterocycles. The molecule has 0 radical (unpaired) electrons. The quantitative estimate of drug-likeness (QED) is 0.812. The lowest BCUT2D eigenvalue weighted by atomic mass is 10.1. The minimum Gasteiger partial charge on any atom is -0.366 e. The SMILES string of the molecule is CCN(CC)Cc1ccc(CNc2c(C#N)c(=O)n(C)c(=O)n2C)cc1. The van der Waals surface area contributed by atoms with Gasteiger partial charge < -0.3 is 5.32 Å². The number of nitrogens with zero attached hydrogens (tertiary/aromatic N) is 4. The molecule has 0 aliphatic carbocycles. The number of rotatable bonds is 7. The van der Waals surface area contributed by atoms with Crippen LogP contribution in [-0.4, -0.2) is 27.1 Å². The summed E-state index contributed by atoms with van der Waals surface area (Å²) in [6.45, 7) is 7.62. The van der Waals surface area contributed by atoms with Crippen LogP contribution < -0.4 is 16.6 Å². The van der Waals surface area contributed by atoms with Crippen LogP contribution in [0.4, 0.5) is 5.82 Å². The molecule has 2 rings (SSSR count). The number of nitriles is 1. The van der Waals surface area contributed by atoms with Crippen molar-refractivity contribution in [1.29, 1.82) is 5.26 Å². The molecule has 0 fully saturated rings. The van der Waals surface area contributed by atoms with Gasteiger partial charge >= 0.3 is 5.69 Å². The molecular weight excluding hydrogens is 330 g/mol. The number of nitrogens with one attached hydrogen (secondary N) is 1. The summed E-state index contributed by atoms with van der Waals surface area (Å²) in [5, 5.41) is 12.3. The molecule has 1 heterocycles. The number of anilines is 1. The van der Waals surface area contributed by atoms with Crippen molar-refractivity contribution in [1.82, 2.24) is 14.0 Å². The lowest BCUT2D eigenvalue weighted by Crippen LogP contribution is -2.39. The van der Waals surface area contributed by atoms with E-state index < -0.39 is 11.2 Å². The fraction of sp³-hybridized carbons (Fsp3) is 0.421. The fourth-order valence-corrected chi connectivity index (χ4v) is 2.81. The summed E-state index contributed by atoms with van der Waals surface area (Å²) in [4.78, 5) is 26.5. The zero-order valence-electron chi connectivity index (χ0n) is 15.7. The molecule has 2 aromatic rings. The molecule has 7 nitrogen and oxygen atoms in total. The Morgan fingerprint density at radius 2 is 1.62 bits per heavy atom. The van der Waals surface area contributed by atoms with Gasteiger partial charge in [-0.3, -0.25) is 18.8 Å². The van der Waals surface area contributed by atoms with Crippen LogP contribution in [0.1, 0.15) is 30.5 Å². The summed E-state index contributed by atoms with van der Waals surface area (Å²) in [6.07, 6.45) is 0. The van der Waals surface area contributed by atoms with Gasteiger partial charge in [-0.05, 0) is 24.2 Å². The van der Waals surface area contributed by atoms with Crippen molar-refractivity contribution in [3.63, 3.8) is 0 Å². The molecule has 0 saturated heterocycles. The normalized spacial score (nSPS) is 10.8. The van der Waals surface area contributed by atoms with Crippen molar-refractivity contribution in [2.45, 2.75) is 26.9 Å². The van der Waals surface area contributed by atoms with Gasteiger partial charge in [0.1, 0.15) is 11.9 Å². The number of hydrogen-bond acceptors (Lipinski definition) is 5. The summed E-state index contributed by atoms with van der Waals surface area (Å²) >= 11 is 0. The van der Waals surface area contributed by atoms with Crippen LogP contribution in [0.15, 0.2) is 33.9 Å². The fourth-order valence-electron chi connectivity index (χ4n) is 2.81. The van der Waals surface area contributed by atoms with Gasteiger partial charge in [-0.2, -0.15) is 5.26 Å². The van der Waals surface area contributed by atoms with Gasteiger partial charge in [-0.1, -0.05) is 38.1 Å². The minimum atomic E-state index is -0.590. The van der Waals surface area contributed by atoms with Crippen molar-refractivity contribution in [3.8, 4) is 6.07 Å². The highest BCUT2D eigenvalue weighted by atomic mass is 16.2. The first-order valence-electron chi connectivity index (χ1n) is 8.67. The Kier molecular flexibility index (Phi) is 6.36. The van der Waals surface area contributed by atoms with E-state index in [0.29, 0.717) is 6.54 Å². The van der Waals surface area contributed by atoms with Crippen LogP contribution in [-0.2, 0) is 27.2 Å². The minimum absolute atomic E-state index is 0.0623. The molecule has 26 heavy (non-hydrogen) atoms. The number of hydrogen-bond donors (Lipinski definition) is 1. The van der Waals surface area contributed by atoms with E-state index in [-0.39, 0.29) is 11.4 Å². The second-order valence-electron chi connectivity index (χ2n) is 6.17. The molecule has 0 amide bonds. The standard InChI is InChI=1S/C19H25N5O2/c1-5-24(6-2)13-15-9-7-14(8-10-15)12-21-17-16(11-20)18(25)23(4)19(26)22(17)3/h7-10,21H,5-6,12-13H2,1-4H3. The Hall–Kier alpha value is -2.85. The smallest absolute Gasteiger partial charge is 0.332 e. The Labute approximate surface area is 153 Å². The first kappa shape index (κ1) is 19.5. The molecule has 138 valence electrons. The molecule has 1 N–H and O–H groups in total. The van der Waals surface area contributed by atoms with E-state index in [9.17, 15) is 14.9 Å². The molecule has 0 spiro atoms. The van der Waals surface area contributed by atoms with Crippen molar-refractivity contribution >= 4 is 5.82 Å². The van der Waals surface area contributed by atoms with Crippen LogP contribution in [0.5, 0.6) is 0 Å². The molecule has 0 atom stereocenters. The summed E-state index contributed by atoms with van der Waals surface area (Å²) in [6, 6.07) is 10.1. The highest BCUT2D eigenvalue weighted by molar-refractivity contribution is 5.51. The van der Waals surface area contributed by atoms with Gasteiger partial charge in [-0.15, -0.1) is 0 Å². The average Bonchev–Trinajstić information content (AvgIpc) is 2.67. The maximum Gasteiger partial charge on any atom is 0.332 e. The predicted octanol–water partition coefficient (Wildman–Crippen LogP) is 1.41. The van der Waals surface area contributed by atoms with Gasteiger partial charge in [0.05, 0.1) is 0 Å². The summed E-state index contributed by atoms with van der Waals surface area (Å²) < 4.78 is 2.22. The van der Waals surface area contributed by atoms with Crippen LogP contribution >= 0.6 is 0 Å². The van der Waals surface area contributed by atoms with Crippen molar-refractivity contribution < 1.29 is 0 Å². The first-order chi connectivity index (χ1) is 12.4. The molecule has 1 aromatic carbocycles. The van der Waals surface area contributed by atoms with E-state index in [4.69, 9.17) is 0 Å².